The average Bonchev–Trinajstić information content (AvgIpc) is 2.93. The second-order valence-electron chi connectivity index (χ2n) is 5.08. The summed E-state index contributed by atoms with van der Waals surface area (Å²) in [5.41, 5.74) is 1.04. The number of halogens is 1. The maximum atomic E-state index is 12.3. The van der Waals surface area contributed by atoms with Crippen LogP contribution in [0, 0.1) is 0 Å². The van der Waals surface area contributed by atoms with Crippen molar-refractivity contribution in [3.63, 3.8) is 0 Å². The predicted octanol–water partition coefficient (Wildman–Crippen LogP) is 2.28. The monoisotopic (exact) mass is 296 g/mol. The molecule has 0 aromatic heterocycles. The number of carbonyl (C=O) groups excluding carboxylic acids is 1. The van der Waals surface area contributed by atoms with Crippen LogP contribution in [0.3, 0.4) is 0 Å². The van der Waals surface area contributed by atoms with E-state index >= 15 is 0 Å². The lowest BCUT2D eigenvalue weighted by Crippen LogP contribution is -2.41. The molecule has 2 N–H and O–H groups in total. The number of hydrogen-bond donors (Lipinski definition) is 2. The van der Waals surface area contributed by atoms with Gasteiger partial charge in [-0.05, 0) is 30.5 Å². The smallest absolute Gasteiger partial charge is 0.237 e. The van der Waals surface area contributed by atoms with Gasteiger partial charge in [-0.25, -0.2) is 0 Å². The molecule has 1 saturated heterocycles. The third-order valence-electron chi connectivity index (χ3n) is 3.72. The summed E-state index contributed by atoms with van der Waals surface area (Å²) in [6, 6.07) is 7.44. The van der Waals surface area contributed by atoms with Gasteiger partial charge in [-0.15, -0.1) is 0 Å². The molecule has 0 saturated carbocycles. The highest BCUT2D eigenvalue weighted by Crippen LogP contribution is 2.21. The van der Waals surface area contributed by atoms with E-state index in [1.54, 1.807) is 7.11 Å². The Labute approximate surface area is 124 Å². The first kappa shape index (κ1) is 15.3. The summed E-state index contributed by atoms with van der Waals surface area (Å²) in [6.45, 7) is 2.77. The Morgan fingerprint density at radius 1 is 1.60 bits per heavy atom. The van der Waals surface area contributed by atoms with Gasteiger partial charge in [-0.3, -0.25) is 4.79 Å². The largest absolute Gasteiger partial charge is 0.380 e. The molecule has 2 rings (SSSR count). The molecule has 4 nitrogen and oxygen atoms in total. The van der Waals surface area contributed by atoms with Crippen LogP contribution < -0.4 is 10.6 Å². The summed E-state index contributed by atoms with van der Waals surface area (Å²) >= 11 is 6.01. The van der Waals surface area contributed by atoms with Crippen molar-refractivity contribution in [2.24, 2.45) is 0 Å². The maximum absolute atomic E-state index is 12.3. The van der Waals surface area contributed by atoms with Crippen molar-refractivity contribution in [1.29, 1.82) is 0 Å². The lowest BCUT2D eigenvalue weighted by atomic mass is 10.0. The van der Waals surface area contributed by atoms with E-state index in [4.69, 9.17) is 16.3 Å². The standard InChI is InChI=1S/C15H21ClN2O2/c1-3-13(10-5-4-6-11(16)7-10)18-15(19)14-8-12(20-2)9-17-14/h4-7,12-14,17H,3,8-9H2,1-2H3,(H,18,19). The molecule has 0 spiro atoms. The van der Waals surface area contributed by atoms with E-state index in [1.165, 1.54) is 0 Å². The Hall–Kier alpha value is -1.10. The van der Waals surface area contributed by atoms with E-state index in [-0.39, 0.29) is 24.1 Å². The number of carbonyl (C=O) groups is 1. The molecule has 3 unspecified atom stereocenters. The molecule has 1 aliphatic heterocycles. The molecule has 1 fully saturated rings. The Morgan fingerprint density at radius 3 is 3.00 bits per heavy atom. The van der Waals surface area contributed by atoms with Crippen LogP contribution in [0.5, 0.6) is 0 Å². The lowest BCUT2D eigenvalue weighted by Gasteiger charge is -2.20. The third-order valence-corrected chi connectivity index (χ3v) is 3.95. The first-order valence-corrected chi connectivity index (χ1v) is 7.33. The van der Waals surface area contributed by atoms with Gasteiger partial charge < -0.3 is 15.4 Å². The number of methoxy groups -OCH3 is 1. The topological polar surface area (TPSA) is 50.4 Å². The molecule has 0 aliphatic carbocycles. The van der Waals surface area contributed by atoms with Gasteiger partial charge in [0.1, 0.15) is 0 Å². The van der Waals surface area contributed by atoms with Gasteiger partial charge >= 0.3 is 0 Å². The van der Waals surface area contributed by atoms with E-state index in [0.717, 1.165) is 18.5 Å². The Balaban J connectivity index is 1.98. The van der Waals surface area contributed by atoms with Crippen LogP contribution in [0.1, 0.15) is 31.4 Å². The summed E-state index contributed by atoms with van der Waals surface area (Å²) < 4.78 is 5.26. The Kier molecular flexibility index (Phi) is 5.40. The SMILES string of the molecule is CCC(NC(=O)C1CC(OC)CN1)c1cccc(Cl)c1. The second kappa shape index (κ2) is 7.07. The molecule has 0 radical (unpaired) electrons. The van der Waals surface area contributed by atoms with Gasteiger partial charge in [0.25, 0.3) is 0 Å². The summed E-state index contributed by atoms with van der Waals surface area (Å²) in [6.07, 6.45) is 1.66. The summed E-state index contributed by atoms with van der Waals surface area (Å²) in [4.78, 5) is 12.3. The lowest BCUT2D eigenvalue weighted by molar-refractivity contribution is -0.123. The number of hydrogen-bond acceptors (Lipinski definition) is 3. The van der Waals surface area contributed by atoms with E-state index < -0.39 is 0 Å². The fourth-order valence-corrected chi connectivity index (χ4v) is 2.70. The fraction of sp³-hybridized carbons (Fsp3) is 0.533. The van der Waals surface area contributed by atoms with Gasteiger partial charge in [0.2, 0.25) is 5.91 Å². The molecule has 1 aliphatic rings. The van der Waals surface area contributed by atoms with Crippen LogP contribution in [0.15, 0.2) is 24.3 Å². The highest BCUT2D eigenvalue weighted by molar-refractivity contribution is 6.30. The van der Waals surface area contributed by atoms with Gasteiger partial charge in [0.05, 0.1) is 18.2 Å². The minimum atomic E-state index is -0.173. The molecule has 20 heavy (non-hydrogen) atoms. The summed E-state index contributed by atoms with van der Waals surface area (Å²) in [7, 11) is 1.67. The van der Waals surface area contributed by atoms with E-state index in [0.29, 0.717) is 11.4 Å². The van der Waals surface area contributed by atoms with Crippen LogP contribution in [0.25, 0.3) is 0 Å². The van der Waals surface area contributed by atoms with Crippen molar-refractivity contribution in [3.05, 3.63) is 34.9 Å². The summed E-state index contributed by atoms with van der Waals surface area (Å²) in [5, 5.41) is 6.96. The van der Waals surface area contributed by atoms with Crippen molar-refractivity contribution < 1.29 is 9.53 Å². The average molecular weight is 297 g/mol. The first-order chi connectivity index (χ1) is 9.63. The number of amides is 1. The molecular weight excluding hydrogens is 276 g/mol. The molecular formula is C15H21ClN2O2. The Bertz CT molecular complexity index is 467. The minimum Gasteiger partial charge on any atom is -0.380 e. The molecule has 0 bridgehead atoms. The molecule has 1 aromatic carbocycles. The van der Waals surface area contributed by atoms with Crippen molar-refractivity contribution in [3.8, 4) is 0 Å². The first-order valence-electron chi connectivity index (χ1n) is 6.96. The van der Waals surface area contributed by atoms with Crippen LogP contribution in [0.4, 0.5) is 0 Å². The van der Waals surface area contributed by atoms with Crippen LogP contribution >= 0.6 is 11.6 Å². The highest BCUT2D eigenvalue weighted by atomic mass is 35.5. The number of benzene rings is 1. The highest BCUT2D eigenvalue weighted by Gasteiger charge is 2.30. The van der Waals surface area contributed by atoms with Crippen molar-refractivity contribution >= 4 is 17.5 Å². The third kappa shape index (κ3) is 3.72. The Morgan fingerprint density at radius 2 is 2.40 bits per heavy atom. The van der Waals surface area contributed by atoms with Crippen molar-refractivity contribution in [2.75, 3.05) is 13.7 Å². The second-order valence-corrected chi connectivity index (χ2v) is 5.52. The summed E-state index contributed by atoms with van der Waals surface area (Å²) in [5.74, 6) is 0.0244. The molecule has 3 atom stereocenters. The quantitative estimate of drug-likeness (QED) is 0.876. The van der Waals surface area contributed by atoms with Crippen molar-refractivity contribution in [2.45, 2.75) is 38.0 Å². The number of nitrogens with one attached hydrogen (secondary N) is 2. The fourth-order valence-electron chi connectivity index (χ4n) is 2.50. The molecule has 1 amide bonds. The normalized spacial score (nSPS) is 23.6. The number of rotatable bonds is 5. The van der Waals surface area contributed by atoms with E-state index in [1.807, 2.05) is 31.2 Å². The van der Waals surface area contributed by atoms with Gasteiger partial charge in [-0.2, -0.15) is 0 Å². The molecule has 1 heterocycles. The van der Waals surface area contributed by atoms with E-state index in [9.17, 15) is 4.79 Å². The van der Waals surface area contributed by atoms with Gasteiger partial charge in [0, 0.05) is 18.7 Å². The van der Waals surface area contributed by atoms with E-state index in [2.05, 4.69) is 10.6 Å². The van der Waals surface area contributed by atoms with Gasteiger partial charge in [0.15, 0.2) is 0 Å². The minimum absolute atomic E-state index is 0.00963. The molecule has 5 heteroatoms. The molecule has 1 aromatic rings. The predicted molar refractivity (Wildman–Crippen MR) is 79.8 cm³/mol. The van der Waals surface area contributed by atoms with Crippen LogP contribution in [0.2, 0.25) is 5.02 Å². The maximum Gasteiger partial charge on any atom is 0.237 e. The zero-order valence-electron chi connectivity index (χ0n) is 11.9. The van der Waals surface area contributed by atoms with Crippen molar-refractivity contribution in [1.82, 2.24) is 10.6 Å². The van der Waals surface area contributed by atoms with Crippen LogP contribution in [-0.4, -0.2) is 31.7 Å². The zero-order valence-corrected chi connectivity index (χ0v) is 12.6. The van der Waals surface area contributed by atoms with Gasteiger partial charge in [-0.1, -0.05) is 30.7 Å². The zero-order chi connectivity index (χ0) is 14.5. The number of ether oxygens (including phenoxy) is 1. The van der Waals surface area contributed by atoms with Crippen LogP contribution in [-0.2, 0) is 9.53 Å². The molecule has 110 valence electrons.